The average Bonchev–Trinajstić information content (AvgIpc) is 2.29. The fourth-order valence-corrected chi connectivity index (χ4v) is 2.49. The van der Waals surface area contributed by atoms with Crippen LogP contribution in [0.4, 0.5) is 0 Å². The highest BCUT2D eigenvalue weighted by molar-refractivity contribution is 4.82. The van der Waals surface area contributed by atoms with Crippen LogP contribution in [0.3, 0.4) is 0 Å². The van der Waals surface area contributed by atoms with Gasteiger partial charge < -0.3 is 5.11 Å². The highest BCUT2D eigenvalue weighted by Gasteiger charge is 2.29. The zero-order valence-corrected chi connectivity index (χ0v) is 10.6. The van der Waals surface area contributed by atoms with Crippen molar-refractivity contribution >= 4 is 0 Å². The van der Waals surface area contributed by atoms with E-state index in [0.717, 1.165) is 19.0 Å². The summed E-state index contributed by atoms with van der Waals surface area (Å²) in [5.41, 5.74) is 0.102. The molecule has 1 N–H and O–H groups in total. The molecule has 1 saturated heterocycles. The van der Waals surface area contributed by atoms with Gasteiger partial charge in [-0.1, -0.05) is 27.2 Å². The molecule has 1 rings (SSSR count). The predicted molar refractivity (Wildman–Crippen MR) is 65.0 cm³/mol. The molecule has 1 aliphatic heterocycles. The highest BCUT2D eigenvalue weighted by atomic mass is 16.3. The average molecular weight is 213 g/mol. The summed E-state index contributed by atoms with van der Waals surface area (Å²) in [5.74, 6) is 0. The van der Waals surface area contributed by atoms with Gasteiger partial charge in [-0.3, -0.25) is 4.90 Å². The Kier molecular flexibility index (Phi) is 5.07. The first kappa shape index (κ1) is 13.0. The third-order valence-corrected chi connectivity index (χ3v) is 4.04. The zero-order chi connectivity index (χ0) is 11.3. The van der Waals surface area contributed by atoms with Crippen molar-refractivity contribution in [2.24, 2.45) is 5.41 Å². The third kappa shape index (κ3) is 3.46. The molecule has 0 radical (unpaired) electrons. The third-order valence-electron chi connectivity index (χ3n) is 4.04. The first-order chi connectivity index (χ1) is 7.15. The molecule has 0 bridgehead atoms. The molecule has 0 amide bonds. The largest absolute Gasteiger partial charge is 0.396 e. The summed E-state index contributed by atoms with van der Waals surface area (Å²) in [4.78, 5) is 2.60. The molecule has 2 unspecified atom stereocenters. The van der Waals surface area contributed by atoms with E-state index in [1.54, 1.807) is 0 Å². The van der Waals surface area contributed by atoms with Crippen LogP contribution in [0.15, 0.2) is 0 Å². The zero-order valence-electron chi connectivity index (χ0n) is 10.6. The van der Waals surface area contributed by atoms with Crippen molar-refractivity contribution in [1.82, 2.24) is 4.90 Å². The molecular formula is C13H27NO. The fraction of sp³-hybridized carbons (Fsp3) is 1.00. The Morgan fingerprint density at radius 1 is 1.33 bits per heavy atom. The van der Waals surface area contributed by atoms with Gasteiger partial charge in [0.05, 0.1) is 0 Å². The number of aliphatic hydroxyl groups excluding tert-OH is 1. The minimum absolute atomic E-state index is 0.102. The highest BCUT2D eigenvalue weighted by Crippen LogP contribution is 2.27. The van der Waals surface area contributed by atoms with Crippen LogP contribution in [0.2, 0.25) is 0 Å². The van der Waals surface area contributed by atoms with E-state index in [2.05, 4.69) is 25.7 Å². The van der Waals surface area contributed by atoms with Crippen molar-refractivity contribution in [3.8, 4) is 0 Å². The van der Waals surface area contributed by atoms with Gasteiger partial charge >= 0.3 is 0 Å². The molecule has 90 valence electrons. The molecule has 15 heavy (non-hydrogen) atoms. The van der Waals surface area contributed by atoms with Gasteiger partial charge in [-0.15, -0.1) is 0 Å². The standard InChI is InChI=1S/C13H27NO/c1-4-12-8-6-7-9-14(12)10-13(3,5-2)11-15/h12,15H,4-11H2,1-3H3. The van der Waals surface area contributed by atoms with E-state index in [9.17, 15) is 5.11 Å². The fourth-order valence-electron chi connectivity index (χ4n) is 2.49. The first-order valence-electron chi connectivity index (χ1n) is 6.50. The van der Waals surface area contributed by atoms with E-state index in [-0.39, 0.29) is 5.41 Å². The number of piperidine rings is 1. The minimum Gasteiger partial charge on any atom is -0.396 e. The second-order valence-corrected chi connectivity index (χ2v) is 5.35. The second-order valence-electron chi connectivity index (χ2n) is 5.35. The van der Waals surface area contributed by atoms with Crippen LogP contribution in [0.5, 0.6) is 0 Å². The van der Waals surface area contributed by atoms with Gasteiger partial charge in [-0.2, -0.15) is 0 Å². The predicted octanol–water partition coefficient (Wildman–Crippen LogP) is 2.66. The maximum Gasteiger partial charge on any atom is 0.0496 e. The molecular weight excluding hydrogens is 186 g/mol. The number of hydrogen-bond donors (Lipinski definition) is 1. The van der Waals surface area contributed by atoms with E-state index in [0.29, 0.717) is 6.61 Å². The quantitative estimate of drug-likeness (QED) is 0.759. The van der Waals surface area contributed by atoms with Crippen LogP contribution in [0.1, 0.15) is 52.9 Å². The Balaban J connectivity index is 2.53. The van der Waals surface area contributed by atoms with Crippen LogP contribution in [0, 0.1) is 5.41 Å². The molecule has 1 aliphatic rings. The second kappa shape index (κ2) is 5.86. The summed E-state index contributed by atoms with van der Waals surface area (Å²) >= 11 is 0. The molecule has 2 nitrogen and oxygen atoms in total. The van der Waals surface area contributed by atoms with Gasteiger partial charge in [0, 0.05) is 24.6 Å². The molecule has 2 atom stereocenters. The van der Waals surface area contributed by atoms with E-state index in [1.807, 2.05) is 0 Å². The Morgan fingerprint density at radius 2 is 2.07 bits per heavy atom. The lowest BCUT2D eigenvalue weighted by Gasteiger charge is -2.40. The summed E-state index contributed by atoms with van der Waals surface area (Å²) < 4.78 is 0. The Morgan fingerprint density at radius 3 is 2.60 bits per heavy atom. The van der Waals surface area contributed by atoms with E-state index >= 15 is 0 Å². The number of hydrogen-bond acceptors (Lipinski definition) is 2. The van der Waals surface area contributed by atoms with Crippen LogP contribution >= 0.6 is 0 Å². The van der Waals surface area contributed by atoms with Crippen molar-refractivity contribution in [3.63, 3.8) is 0 Å². The van der Waals surface area contributed by atoms with Gasteiger partial charge in [0.2, 0.25) is 0 Å². The summed E-state index contributed by atoms with van der Waals surface area (Å²) in [6.07, 6.45) is 6.39. The van der Waals surface area contributed by atoms with Crippen molar-refractivity contribution in [2.75, 3.05) is 19.7 Å². The molecule has 0 saturated carbocycles. The van der Waals surface area contributed by atoms with E-state index < -0.39 is 0 Å². The van der Waals surface area contributed by atoms with Crippen LogP contribution < -0.4 is 0 Å². The molecule has 0 aromatic carbocycles. The molecule has 0 aromatic rings. The SMILES string of the molecule is CCC1CCCCN1CC(C)(CC)CO. The van der Waals surface area contributed by atoms with Crippen LogP contribution in [-0.4, -0.2) is 35.7 Å². The van der Waals surface area contributed by atoms with Crippen LogP contribution in [-0.2, 0) is 0 Å². The summed E-state index contributed by atoms with van der Waals surface area (Å²) in [6, 6.07) is 0.760. The van der Waals surface area contributed by atoms with Crippen molar-refractivity contribution in [1.29, 1.82) is 0 Å². The Labute approximate surface area is 94.7 Å². The molecule has 1 fully saturated rings. The summed E-state index contributed by atoms with van der Waals surface area (Å²) in [5, 5.41) is 9.45. The number of nitrogens with zero attached hydrogens (tertiary/aromatic N) is 1. The van der Waals surface area contributed by atoms with Gasteiger partial charge in [0.15, 0.2) is 0 Å². The van der Waals surface area contributed by atoms with Gasteiger partial charge in [-0.05, 0) is 32.2 Å². The Hall–Kier alpha value is -0.0800. The molecule has 0 aliphatic carbocycles. The topological polar surface area (TPSA) is 23.5 Å². The summed E-state index contributed by atoms with van der Waals surface area (Å²) in [7, 11) is 0. The molecule has 0 spiro atoms. The lowest BCUT2D eigenvalue weighted by atomic mass is 9.86. The van der Waals surface area contributed by atoms with Crippen LogP contribution in [0.25, 0.3) is 0 Å². The lowest BCUT2D eigenvalue weighted by molar-refractivity contribution is 0.0459. The van der Waals surface area contributed by atoms with Gasteiger partial charge in [0.1, 0.15) is 0 Å². The van der Waals surface area contributed by atoms with Crippen molar-refractivity contribution in [3.05, 3.63) is 0 Å². The first-order valence-corrected chi connectivity index (χ1v) is 6.50. The van der Waals surface area contributed by atoms with Crippen molar-refractivity contribution in [2.45, 2.75) is 58.9 Å². The maximum absolute atomic E-state index is 9.45. The Bertz CT molecular complexity index is 177. The number of likely N-dealkylation sites (tertiary alicyclic amines) is 1. The molecule has 1 heterocycles. The monoisotopic (exact) mass is 213 g/mol. The number of rotatable bonds is 5. The molecule has 2 heteroatoms. The van der Waals surface area contributed by atoms with Gasteiger partial charge in [-0.25, -0.2) is 0 Å². The van der Waals surface area contributed by atoms with Gasteiger partial charge in [0.25, 0.3) is 0 Å². The summed E-state index contributed by atoms with van der Waals surface area (Å²) in [6.45, 7) is 9.28. The van der Waals surface area contributed by atoms with E-state index in [4.69, 9.17) is 0 Å². The molecule has 0 aromatic heterocycles. The van der Waals surface area contributed by atoms with E-state index in [1.165, 1.54) is 32.2 Å². The maximum atomic E-state index is 9.45. The minimum atomic E-state index is 0.102. The van der Waals surface area contributed by atoms with Crippen molar-refractivity contribution < 1.29 is 5.11 Å². The normalized spacial score (nSPS) is 27.6. The smallest absolute Gasteiger partial charge is 0.0496 e. The lowest BCUT2D eigenvalue weighted by Crippen LogP contribution is -2.46. The number of aliphatic hydroxyl groups is 1.